The third kappa shape index (κ3) is 4.41. The summed E-state index contributed by atoms with van der Waals surface area (Å²) >= 11 is 0. The van der Waals surface area contributed by atoms with Gasteiger partial charge in [0, 0.05) is 18.9 Å². The summed E-state index contributed by atoms with van der Waals surface area (Å²) in [5, 5.41) is 18.8. The molecule has 0 fully saturated rings. The molecule has 3 aromatic rings. The highest BCUT2D eigenvalue weighted by Crippen LogP contribution is 2.32. The zero-order chi connectivity index (χ0) is 21.8. The van der Waals surface area contributed by atoms with Crippen LogP contribution in [-0.2, 0) is 12.8 Å². The van der Waals surface area contributed by atoms with Crippen molar-refractivity contribution >= 4 is 17.6 Å². The number of aromatic nitrogens is 1. The summed E-state index contributed by atoms with van der Waals surface area (Å²) in [4.78, 5) is 15.6. The van der Waals surface area contributed by atoms with Crippen LogP contribution in [0.1, 0.15) is 32.7 Å². The monoisotopic (exact) mass is 412 g/mol. The molecule has 1 heterocycles. The molecule has 1 N–H and O–H groups in total. The van der Waals surface area contributed by atoms with Crippen molar-refractivity contribution in [1.29, 1.82) is 5.26 Å². The largest absolute Gasteiger partial charge is 0.491 e. The molecule has 6 heteroatoms. The van der Waals surface area contributed by atoms with Gasteiger partial charge in [-0.25, -0.2) is 4.79 Å². The highest BCUT2D eigenvalue weighted by Gasteiger charge is 2.23. The van der Waals surface area contributed by atoms with Crippen molar-refractivity contribution in [2.75, 3.05) is 7.11 Å². The van der Waals surface area contributed by atoms with Gasteiger partial charge in [-0.3, -0.25) is 4.98 Å². The number of fused-ring (bicyclic) bond motifs is 1. The Morgan fingerprint density at radius 1 is 1.10 bits per heavy atom. The predicted octanol–water partition coefficient (Wildman–Crippen LogP) is 4.40. The maximum atomic E-state index is 11.2. The molecule has 0 atom stereocenters. The SMILES string of the molecule is COc1cnc(/C=C(\C#N)c2cccc(C(=O)O)c2)cc1OC1Cc2ccccc2C1. The van der Waals surface area contributed by atoms with E-state index >= 15 is 0 Å². The third-order valence-electron chi connectivity index (χ3n) is 5.21. The smallest absolute Gasteiger partial charge is 0.335 e. The molecule has 1 aromatic heterocycles. The molecule has 31 heavy (non-hydrogen) atoms. The summed E-state index contributed by atoms with van der Waals surface area (Å²) in [5.74, 6) is 0.0209. The van der Waals surface area contributed by atoms with Crippen LogP contribution in [0.3, 0.4) is 0 Å². The standard InChI is InChI=1S/C25H20N2O4/c1-30-24-15-27-21(10-20(14-26)16-7-4-8-19(9-16)25(28)29)13-23(24)31-22-11-17-5-2-3-6-18(17)12-22/h2-10,13,15,22H,11-12H2,1H3,(H,28,29)/b20-10+. The molecule has 154 valence electrons. The van der Waals surface area contributed by atoms with E-state index in [4.69, 9.17) is 9.47 Å². The van der Waals surface area contributed by atoms with E-state index in [1.165, 1.54) is 23.3 Å². The molecular weight excluding hydrogens is 392 g/mol. The summed E-state index contributed by atoms with van der Waals surface area (Å²) in [6.07, 6.45) is 4.80. The number of hydrogen-bond donors (Lipinski definition) is 1. The van der Waals surface area contributed by atoms with E-state index in [-0.39, 0.29) is 11.7 Å². The molecule has 0 saturated heterocycles. The molecule has 0 aliphatic heterocycles. The van der Waals surface area contributed by atoms with Gasteiger partial charge >= 0.3 is 5.97 Å². The third-order valence-corrected chi connectivity index (χ3v) is 5.21. The number of carbonyl (C=O) groups is 1. The average Bonchev–Trinajstić information content (AvgIpc) is 3.20. The van der Waals surface area contributed by atoms with E-state index in [0.29, 0.717) is 28.3 Å². The average molecular weight is 412 g/mol. The highest BCUT2D eigenvalue weighted by atomic mass is 16.5. The summed E-state index contributed by atoms with van der Waals surface area (Å²) < 4.78 is 11.6. The van der Waals surface area contributed by atoms with Gasteiger partial charge in [-0.05, 0) is 34.9 Å². The van der Waals surface area contributed by atoms with Gasteiger partial charge in [0.1, 0.15) is 6.10 Å². The Hall–Kier alpha value is -4.11. The summed E-state index contributed by atoms with van der Waals surface area (Å²) in [6, 6.07) is 18.4. The summed E-state index contributed by atoms with van der Waals surface area (Å²) in [6.45, 7) is 0. The van der Waals surface area contributed by atoms with Gasteiger partial charge in [-0.2, -0.15) is 5.26 Å². The predicted molar refractivity (Wildman–Crippen MR) is 116 cm³/mol. The van der Waals surface area contributed by atoms with E-state index in [1.54, 1.807) is 37.6 Å². The van der Waals surface area contributed by atoms with Gasteiger partial charge in [0.05, 0.1) is 36.2 Å². The number of nitrogens with zero attached hydrogens (tertiary/aromatic N) is 2. The van der Waals surface area contributed by atoms with Gasteiger partial charge in [0.15, 0.2) is 11.5 Å². The Labute approximate surface area is 180 Å². The Bertz CT molecular complexity index is 1190. The number of carboxylic acids is 1. The molecule has 2 aromatic carbocycles. The highest BCUT2D eigenvalue weighted by molar-refractivity contribution is 5.93. The fourth-order valence-corrected chi connectivity index (χ4v) is 3.69. The van der Waals surface area contributed by atoms with Crippen molar-refractivity contribution < 1.29 is 19.4 Å². The van der Waals surface area contributed by atoms with E-state index < -0.39 is 5.97 Å². The minimum atomic E-state index is -1.05. The first kappa shape index (κ1) is 20.2. The zero-order valence-corrected chi connectivity index (χ0v) is 16.9. The van der Waals surface area contributed by atoms with Crippen LogP contribution in [0.15, 0.2) is 60.8 Å². The first-order chi connectivity index (χ1) is 15.1. The van der Waals surface area contributed by atoms with E-state index in [0.717, 1.165) is 12.8 Å². The lowest BCUT2D eigenvalue weighted by molar-refractivity contribution is 0.0697. The Kier molecular flexibility index (Phi) is 5.67. The Morgan fingerprint density at radius 2 is 1.81 bits per heavy atom. The first-order valence-electron chi connectivity index (χ1n) is 9.80. The second-order valence-electron chi connectivity index (χ2n) is 7.23. The Morgan fingerprint density at radius 3 is 2.45 bits per heavy atom. The fraction of sp³-hybridized carbons (Fsp3) is 0.160. The summed E-state index contributed by atoms with van der Waals surface area (Å²) in [5.41, 5.74) is 4.01. The summed E-state index contributed by atoms with van der Waals surface area (Å²) in [7, 11) is 1.56. The lowest BCUT2D eigenvalue weighted by atomic mass is 10.0. The maximum Gasteiger partial charge on any atom is 0.335 e. The minimum Gasteiger partial charge on any atom is -0.491 e. The van der Waals surface area contributed by atoms with Crippen LogP contribution < -0.4 is 9.47 Å². The van der Waals surface area contributed by atoms with Crippen LogP contribution >= 0.6 is 0 Å². The van der Waals surface area contributed by atoms with Crippen LogP contribution in [-0.4, -0.2) is 29.3 Å². The van der Waals surface area contributed by atoms with Gasteiger partial charge < -0.3 is 14.6 Å². The number of carboxylic acid groups (broad SMARTS) is 1. The van der Waals surface area contributed by atoms with E-state index in [1.807, 2.05) is 12.1 Å². The van der Waals surface area contributed by atoms with Crippen molar-refractivity contribution in [3.63, 3.8) is 0 Å². The number of pyridine rings is 1. The second kappa shape index (κ2) is 8.72. The number of hydrogen-bond acceptors (Lipinski definition) is 5. The minimum absolute atomic E-state index is 0.00628. The van der Waals surface area contributed by atoms with Crippen molar-refractivity contribution in [3.8, 4) is 17.6 Å². The molecule has 0 unspecified atom stereocenters. The normalized spacial score (nSPS) is 13.4. The molecule has 4 rings (SSSR count). The number of methoxy groups -OCH3 is 1. The lowest BCUT2D eigenvalue weighted by Crippen LogP contribution is -2.17. The molecule has 6 nitrogen and oxygen atoms in total. The molecule has 1 aliphatic rings. The topological polar surface area (TPSA) is 92.4 Å². The first-order valence-corrected chi connectivity index (χ1v) is 9.80. The second-order valence-corrected chi connectivity index (χ2v) is 7.23. The van der Waals surface area contributed by atoms with Crippen molar-refractivity contribution in [1.82, 2.24) is 4.98 Å². The van der Waals surface area contributed by atoms with Crippen molar-refractivity contribution in [3.05, 3.63) is 88.7 Å². The van der Waals surface area contributed by atoms with Gasteiger partial charge in [-0.1, -0.05) is 36.4 Å². The van der Waals surface area contributed by atoms with Crippen LogP contribution in [0.4, 0.5) is 0 Å². The van der Waals surface area contributed by atoms with Crippen LogP contribution in [0.5, 0.6) is 11.5 Å². The molecule has 0 radical (unpaired) electrons. The Balaban J connectivity index is 1.62. The number of aromatic carboxylic acids is 1. The quantitative estimate of drug-likeness (QED) is 0.604. The molecule has 1 aliphatic carbocycles. The number of allylic oxidation sites excluding steroid dienone is 1. The molecular formula is C25H20N2O4. The lowest BCUT2D eigenvalue weighted by Gasteiger charge is -2.16. The zero-order valence-electron chi connectivity index (χ0n) is 16.9. The number of benzene rings is 2. The number of nitriles is 1. The van der Waals surface area contributed by atoms with E-state index in [2.05, 4.69) is 23.2 Å². The number of ether oxygens (including phenoxy) is 2. The van der Waals surface area contributed by atoms with E-state index in [9.17, 15) is 15.2 Å². The van der Waals surface area contributed by atoms with Gasteiger partial charge in [0.25, 0.3) is 0 Å². The molecule has 0 amide bonds. The number of rotatable bonds is 6. The van der Waals surface area contributed by atoms with Crippen molar-refractivity contribution in [2.24, 2.45) is 0 Å². The molecule has 0 bridgehead atoms. The van der Waals surface area contributed by atoms with Crippen LogP contribution in [0.2, 0.25) is 0 Å². The van der Waals surface area contributed by atoms with Gasteiger partial charge in [0.2, 0.25) is 0 Å². The maximum absolute atomic E-state index is 11.2. The van der Waals surface area contributed by atoms with Crippen molar-refractivity contribution in [2.45, 2.75) is 18.9 Å². The molecule has 0 saturated carbocycles. The fourth-order valence-electron chi connectivity index (χ4n) is 3.69. The van der Waals surface area contributed by atoms with Crippen LogP contribution in [0.25, 0.3) is 11.6 Å². The van der Waals surface area contributed by atoms with Crippen LogP contribution in [0, 0.1) is 11.3 Å². The van der Waals surface area contributed by atoms with Gasteiger partial charge in [-0.15, -0.1) is 0 Å². The molecule has 0 spiro atoms.